The number of benzene rings is 1. The molecule has 1 saturated heterocycles. The standard InChI is InChI=1S/C16H22F2N2/c1-20-9-5-13(6-10-20)19-16(7-2-8-16)14-4-3-12(17)11-15(14)18/h3-4,11,13,19H,2,5-10H2,1H3. The van der Waals surface area contributed by atoms with Crippen molar-refractivity contribution in [2.75, 3.05) is 20.1 Å². The maximum absolute atomic E-state index is 14.1. The molecule has 3 rings (SSSR count). The molecule has 0 radical (unpaired) electrons. The molecule has 0 bridgehead atoms. The van der Waals surface area contributed by atoms with E-state index in [4.69, 9.17) is 0 Å². The summed E-state index contributed by atoms with van der Waals surface area (Å²) >= 11 is 0. The van der Waals surface area contributed by atoms with Crippen molar-refractivity contribution in [3.05, 3.63) is 35.4 Å². The quantitative estimate of drug-likeness (QED) is 0.915. The van der Waals surface area contributed by atoms with Gasteiger partial charge in [0.2, 0.25) is 0 Å². The fraction of sp³-hybridized carbons (Fsp3) is 0.625. The van der Waals surface area contributed by atoms with E-state index in [1.165, 1.54) is 6.07 Å². The molecule has 1 aromatic rings. The Hall–Kier alpha value is -1.00. The second kappa shape index (κ2) is 5.41. The lowest BCUT2D eigenvalue weighted by molar-refractivity contribution is 0.126. The predicted molar refractivity (Wildman–Crippen MR) is 75.5 cm³/mol. The number of nitrogens with zero attached hydrogens (tertiary/aromatic N) is 1. The predicted octanol–water partition coefficient (Wildman–Crippen LogP) is 3.03. The first-order chi connectivity index (χ1) is 9.59. The summed E-state index contributed by atoms with van der Waals surface area (Å²) in [7, 11) is 2.13. The number of likely N-dealkylation sites (tertiary alicyclic amines) is 1. The molecule has 2 nitrogen and oxygen atoms in total. The zero-order valence-corrected chi connectivity index (χ0v) is 12.0. The van der Waals surface area contributed by atoms with Gasteiger partial charge in [-0.1, -0.05) is 6.07 Å². The van der Waals surface area contributed by atoms with Crippen molar-refractivity contribution >= 4 is 0 Å². The van der Waals surface area contributed by atoms with Crippen LogP contribution in [0.25, 0.3) is 0 Å². The van der Waals surface area contributed by atoms with Crippen molar-refractivity contribution in [1.29, 1.82) is 0 Å². The number of rotatable bonds is 3. The summed E-state index contributed by atoms with van der Waals surface area (Å²) in [5, 5.41) is 3.68. The van der Waals surface area contributed by atoms with Crippen LogP contribution in [0.5, 0.6) is 0 Å². The minimum absolute atomic E-state index is 0.266. The van der Waals surface area contributed by atoms with Crippen LogP contribution < -0.4 is 5.32 Å². The van der Waals surface area contributed by atoms with E-state index >= 15 is 0 Å². The fourth-order valence-corrected chi connectivity index (χ4v) is 3.44. The van der Waals surface area contributed by atoms with Crippen LogP contribution >= 0.6 is 0 Å². The second-order valence-electron chi connectivity index (χ2n) is 6.28. The van der Waals surface area contributed by atoms with E-state index in [0.29, 0.717) is 11.6 Å². The maximum Gasteiger partial charge on any atom is 0.131 e. The van der Waals surface area contributed by atoms with E-state index in [2.05, 4.69) is 17.3 Å². The van der Waals surface area contributed by atoms with Crippen molar-refractivity contribution in [1.82, 2.24) is 10.2 Å². The summed E-state index contributed by atoms with van der Waals surface area (Å²) in [5.41, 5.74) is 0.377. The van der Waals surface area contributed by atoms with Crippen molar-refractivity contribution in [3.8, 4) is 0 Å². The first-order valence-electron chi connectivity index (χ1n) is 7.51. The molecule has 0 spiro atoms. The molecule has 2 aliphatic rings. The van der Waals surface area contributed by atoms with Gasteiger partial charge in [-0.15, -0.1) is 0 Å². The molecular formula is C16H22F2N2. The number of halogens is 2. The molecule has 0 amide bonds. The van der Waals surface area contributed by atoms with Crippen LogP contribution in [-0.4, -0.2) is 31.1 Å². The van der Waals surface area contributed by atoms with Crippen LogP contribution in [0.4, 0.5) is 8.78 Å². The molecule has 110 valence electrons. The average Bonchev–Trinajstić information content (AvgIpc) is 2.37. The number of nitrogens with one attached hydrogen (secondary N) is 1. The van der Waals surface area contributed by atoms with E-state index in [1.807, 2.05) is 0 Å². The van der Waals surface area contributed by atoms with Crippen molar-refractivity contribution < 1.29 is 8.78 Å². The molecule has 20 heavy (non-hydrogen) atoms. The zero-order valence-electron chi connectivity index (χ0n) is 12.0. The Labute approximate surface area is 119 Å². The highest BCUT2D eigenvalue weighted by Crippen LogP contribution is 2.43. The van der Waals surface area contributed by atoms with Crippen molar-refractivity contribution in [2.45, 2.75) is 43.7 Å². The van der Waals surface area contributed by atoms with Crippen LogP contribution in [0.2, 0.25) is 0 Å². The van der Waals surface area contributed by atoms with E-state index in [0.717, 1.165) is 51.3 Å². The lowest BCUT2D eigenvalue weighted by Crippen LogP contribution is -2.55. The summed E-state index contributed by atoms with van der Waals surface area (Å²) in [5.74, 6) is -0.912. The lowest BCUT2D eigenvalue weighted by atomic mass is 9.71. The maximum atomic E-state index is 14.1. The zero-order chi connectivity index (χ0) is 14.2. The van der Waals surface area contributed by atoms with Gasteiger partial charge in [0.25, 0.3) is 0 Å². The molecule has 0 unspecified atom stereocenters. The van der Waals surface area contributed by atoms with Crippen molar-refractivity contribution in [2.24, 2.45) is 0 Å². The molecule has 0 atom stereocenters. The lowest BCUT2D eigenvalue weighted by Gasteiger charge is -2.47. The third-order valence-electron chi connectivity index (χ3n) is 4.85. The Morgan fingerprint density at radius 3 is 2.45 bits per heavy atom. The van der Waals surface area contributed by atoms with Gasteiger partial charge in [0.15, 0.2) is 0 Å². The summed E-state index contributed by atoms with van der Waals surface area (Å²) < 4.78 is 27.2. The largest absolute Gasteiger partial charge is 0.306 e. The Morgan fingerprint density at radius 1 is 1.20 bits per heavy atom. The third kappa shape index (κ3) is 2.59. The minimum Gasteiger partial charge on any atom is -0.306 e. The van der Waals surface area contributed by atoms with Gasteiger partial charge in [0.1, 0.15) is 11.6 Å². The average molecular weight is 280 g/mol. The number of hydrogen-bond donors (Lipinski definition) is 1. The normalized spacial score (nSPS) is 23.6. The molecule has 1 heterocycles. The van der Waals surface area contributed by atoms with Crippen LogP contribution in [0.15, 0.2) is 18.2 Å². The molecule has 1 aliphatic heterocycles. The van der Waals surface area contributed by atoms with E-state index in [9.17, 15) is 8.78 Å². The number of hydrogen-bond acceptors (Lipinski definition) is 2. The highest BCUT2D eigenvalue weighted by molar-refractivity contribution is 5.29. The minimum atomic E-state index is -0.500. The van der Waals surface area contributed by atoms with Gasteiger partial charge in [-0.05, 0) is 58.3 Å². The van der Waals surface area contributed by atoms with Gasteiger partial charge in [-0.25, -0.2) is 8.78 Å². The SMILES string of the molecule is CN1CCC(NC2(c3ccc(F)cc3F)CCC2)CC1. The van der Waals surface area contributed by atoms with Gasteiger partial charge in [-0.2, -0.15) is 0 Å². The smallest absolute Gasteiger partial charge is 0.131 e. The molecule has 1 aliphatic carbocycles. The molecular weight excluding hydrogens is 258 g/mol. The first kappa shape index (κ1) is 14.0. The molecule has 1 saturated carbocycles. The van der Waals surface area contributed by atoms with Crippen LogP contribution in [0, 0.1) is 11.6 Å². The molecule has 0 aromatic heterocycles. The summed E-state index contributed by atoms with van der Waals surface area (Å²) in [6.45, 7) is 2.17. The van der Waals surface area contributed by atoms with E-state index in [-0.39, 0.29) is 5.54 Å². The van der Waals surface area contributed by atoms with E-state index in [1.54, 1.807) is 6.07 Å². The summed E-state index contributed by atoms with van der Waals surface area (Å²) in [6.07, 6.45) is 5.20. The number of piperidine rings is 1. The third-order valence-corrected chi connectivity index (χ3v) is 4.85. The highest BCUT2D eigenvalue weighted by atomic mass is 19.1. The monoisotopic (exact) mass is 280 g/mol. The van der Waals surface area contributed by atoms with Gasteiger partial charge in [0.05, 0.1) is 0 Å². The van der Waals surface area contributed by atoms with E-state index < -0.39 is 11.6 Å². The molecule has 2 fully saturated rings. The summed E-state index contributed by atoms with van der Waals surface area (Å²) in [6, 6.07) is 4.43. The van der Waals surface area contributed by atoms with Gasteiger partial charge in [0, 0.05) is 23.2 Å². The van der Waals surface area contributed by atoms with Crippen LogP contribution in [-0.2, 0) is 5.54 Å². The molecule has 4 heteroatoms. The van der Waals surface area contributed by atoms with Crippen LogP contribution in [0.1, 0.15) is 37.7 Å². The fourth-order valence-electron chi connectivity index (χ4n) is 3.44. The Kier molecular flexibility index (Phi) is 3.78. The highest BCUT2D eigenvalue weighted by Gasteiger charge is 2.42. The van der Waals surface area contributed by atoms with Gasteiger partial charge < -0.3 is 10.2 Å². The first-order valence-corrected chi connectivity index (χ1v) is 7.51. The van der Waals surface area contributed by atoms with Gasteiger partial charge in [-0.3, -0.25) is 0 Å². The summed E-state index contributed by atoms with van der Waals surface area (Å²) in [4.78, 5) is 2.32. The van der Waals surface area contributed by atoms with Crippen LogP contribution in [0.3, 0.4) is 0 Å². The van der Waals surface area contributed by atoms with Crippen molar-refractivity contribution in [3.63, 3.8) is 0 Å². The Balaban J connectivity index is 1.77. The Bertz CT molecular complexity index is 477. The topological polar surface area (TPSA) is 15.3 Å². The molecule has 1 aromatic carbocycles. The second-order valence-corrected chi connectivity index (χ2v) is 6.28. The Morgan fingerprint density at radius 2 is 1.90 bits per heavy atom. The molecule has 1 N–H and O–H groups in total. The van der Waals surface area contributed by atoms with Gasteiger partial charge >= 0.3 is 0 Å².